The van der Waals surface area contributed by atoms with E-state index in [9.17, 15) is 0 Å². The second-order valence-electron chi connectivity index (χ2n) is 12.7. The number of fused-ring (bicyclic) bond motifs is 3. The van der Waals surface area contributed by atoms with E-state index in [1.54, 1.807) is 12.1 Å². The van der Waals surface area contributed by atoms with Gasteiger partial charge in [-0.3, -0.25) is 0 Å². The Labute approximate surface area is 303 Å². The Hall–Kier alpha value is -7.00. The summed E-state index contributed by atoms with van der Waals surface area (Å²) in [6, 6.07) is 42.9. The number of rotatable bonds is 6. The van der Waals surface area contributed by atoms with Crippen molar-refractivity contribution in [3.63, 3.8) is 0 Å². The molecule has 0 amide bonds. The summed E-state index contributed by atoms with van der Waals surface area (Å²) >= 11 is 0. The lowest BCUT2D eigenvalue weighted by Gasteiger charge is -2.17. The van der Waals surface area contributed by atoms with Gasteiger partial charge in [0.2, 0.25) is 0 Å². The number of benzene rings is 6. The van der Waals surface area contributed by atoms with Gasteiger partial charge in [0.15, 0.2) is 23.3 Å². The third-order valence-electron chi connectivity index (χ3n) is 9.22. The molecular weight excluding hydrogens is 665 g/mol. The van der Waals surface area contributed by atoms with Crippen LogP contribution in [0.3, 0.4) is 0 Å². The van der Waals surface area contributed by atoms with E-state index < -0.39 is 11.6 Å². The maximum atomic E-state index is 15.4. The average Bonchev–Trinajstić information content (AvgIpc) is 3.51. The standard InChI is InChI=1S/C44H29F2N7/c1-26-47-27(2)49-43(48-26)31-21-23-38-33(25-31)32-16-9-10-19-37(32)53(38)39-22-20-30(40-35(45)17-11-18-36(40)46)24-34(39)44-51-41(28-12-5-3-6-13-28)50-42(52-44)29-14-7-4-8-15-29/h3-25H,1-2H3. The third kappa shape index (κ3) is 5.78. The molecular formula is C44H29F2N7. The minimum absolute atomic E-state index is 0.129. The molecule has 9 heteroatoms. The van der Waals surface area contributed by atoms with Crippen LogP contribution in [0.1, 0.15) is 11.6 Å². The Morgan fingerprint density at radius 1 is 0.415 bits per heavy atom. The summed E-state index contributed by atoms with van der Waals surface area (Å²) in [5.74, 6) is 1.85. The van der Waals surface area contributed by atoms with Crippen molar-refractivity contribution in [2.75, 3.05) is 0 Å². The summed E-state index contributed by atoms with van der Waals surface area (Å²) < 4.78 is 32.9. The lowest BCUT2D eigenvalue weighted by atomic mass is 9.99. The predicted molar refractivity (Wildman–Crippen MR) is 204 cm³/mol. The molecule has 0 bridgehead atoms. The van der Waals surface area contributed by atoms with E-state index in [0.717, 1.165) is 44.2 Å². The molecule has 0 saturated heterocycles. The lowest BCUT2D eigenvalue weighted by Crippen LogP contribution is -2.04. The second kappa shape index (κ2) is 13.0. The summed E-state index contributed by atoms with van der Waals surface area (Å²) in [5.41, 5.74) is 5.81. The molecule has 0 radical (unpaired) electrons. The fraction of sp³-hybridized carbons (Fsp3) is 0.0455. The van der Waals surface area contributed by atoms with Gasteiger partial charge in [-0.05, 0) is 67.9 Å². The molecule has 3 aromatic heterocycles. The first-order valence-electron chi connectivity index (χ1n) is 17.1. The van der Waals surface area contributed by atoms with Crippen molar-refractivity contribution >= 4 is 21.8 Å². The van der Waals surface area contributed by atoms with Crippen LogP contribution in [0.25, 0.3) is 84.2 Å². The van der Waals surface area contributed by atoms with Crippen LogP contribution in [0.15, 0.2) is 140 Å². The number of aromatic nitrogens is 7. The van der Waals surface area contributed by atoms with Crippen molar-refractivity contribution in [1.29, 1.82) is 0 Å². The second-order valence-corrected chi connectivity index (χ2v) is 12.7. The fourth-order valence-corrected chi connectivity index (χ4v) is 6.88. The molecule has 0 aliphatic heterocycles. The lowest BCUT2D eigenvalue weighted by molar-refractivity contribution is 0.589. The maximum absolute atomic E-state index is 15.4. The van der Waals surface area contributed by atoms with Crippen molar-refractivity contribution in [3.8, 4) is 62.4 Å². The Balaban J connectivity index is 1.35. The van der Waals surface area contributed by atoms with E-state index in [0.29, 0.717) is 46.1 Å². The molecule has 0 spiro atoms. The highest BCUT2D eigenvalue weighted by molar-refractivity contribution is 6.10. The first kappa shape index (κ1) is 31.9. The molecule has 0 aliphatic rings. The summed E-state index contributed by atoms with van der Waals surface area (Å²) in [6.07, 6.45) is 0. The topological polar surface area (TPSA) is 82.3 Å². The van der Waals surface area contributed by atoms with Gasteiger partial charge in [-0.15, -0.1) is 0 Å². The fourth-order valence-electron chi connectivity index (χ4n) is 6.88. The molecule has 53 heavy (non-hydrogen) atoms. The van der Waals surface area contributed by atoms with Crippen LogP contribution in [0, 0.1) is 25.5 Å². The number of aryl methyl sites for hydroxylation is 2. The van der Waals surface area contributed by atoms with Crippen LogP contribution in [0.5, 0.6) is 0 Å². The Morgan fingerprint density at radius 2 is 0.962 bits per heavy atom. The van der Waals surface area contributed by atoms with E-state index in [-0.39, 0.29) is 5.56 Å². The van der Waals surface area contributed by atoms with Crippen LogP contribution < -0.4 is 0 Å². The van der Waals surface area contributed by atoms with Crippen LogP contribution >= 0.6 is 0 Å². The molecule has 0 saturated carbocycles. The molecule has 0 N–H and O–H groups in total. The van der Waals surface area contributed by atoms with Crippen molar-refractivity contribution in [3.05, 3.63) is 163 Å². The van der Waals surface area contributed by atoms with Gasteiger partial charge in [0.05, 0.1) is 22.3 Å². The zero-order valence-electron chi connectivity index (χ0n) is 28.7. The Morgan fingerprint density at radius 3 is 1.62 bits per heavy atom. The van der Waals surface area contributed by atoms with Gasteiger partial charge in [-0.2, -0.15) is 0 Å². The van der Waals surface area contributed by atoms with Crippen LogP contribution in [0.2, 0.25) is 0 Å². The maximum Gasteiger partial charge on any atom is 0.166 e. The number of hydrogen-bond donors (Lipinski definition) is 0. The van der Waals surface area contributed by atoms with E-state index >= 15 is 8.78 Å². The van der Waals surface area contributed by atoms with E-state index in [1.165, 1.54) is 18.2 Å². The van der Waals surface area contributed by atoms with Gasteiger partial charge >= 0.3 is 0 Å². The first-order chi connectivity index (χ1) is 25.9. The minimum atomic E-state index is -0.664. The monoisotopic (exact) mass is 693 g/mol. The van der Waals surface area contributed by atoms with E-state index in [4.69, 9.17) is 15.0 Å². The van der Waals surface area contributed by atoms with Crippen LogP contribution in [-0.2, 0) is 0 Å². The van der Waals surface area contributed by atoms with Gasteiger partial charge in [-0.1, -0.05) is 91.0 Å². The molecule has 9 rings (SSSR count). The average molecular weight is 694 g/mol. The number of halogens is 2. The van der Waals surface area contributed by atoms with Gasteiger partial charge in [0, 0.05) is 33.0 Å². The molecule has 0 aliphatic carbocycles. The highest BCUT2D eigenvalue weighted by Crippen LogP contribution is 2.40. The Kier molecular flexibility index (Phi) is 7.81. The normalized spacial score (nSPS) is 11.4. The van der Waals surface area contributed by atoms with Gasteiger partial charge in [-0.25, -0.2) is 38.7 Å². The molecule has 0 unspecified atom stereocenters. The smallest absolute Gasteiger partial charge is 0.166 e. The van der Waals surface area contributed by atoms with Crippen molar-refractivity contribution < 1.29 is 8.78 Å². The number of nitrogens with zero attached hydrogens (tertiary/aromatic N) is 7. The molecule has 0 atom stereocenters. The van der Waals surface area contributed by atoms with E-state index in [1.807, 2.05) is 105 Å². The largest absolute Gasteiger partial charge is 0.309 e. The highest BCUT2D eigenvalue weighted by atomic mass is 19.1. The predicted octanol–water partition coefficient (Wildman–Crippen LogP) is 10.4. The SMILES string of the molecule is Cc1nc(C)nc(-c2ccc3c(c2)c2ccccc2n3-c2ccc(-c3c(F)cccc3F)cc2-c2nc(-c3ccccc3)nc(-c3ccccc3)n2)n1. The number of para-hydroxylation sites is 1. The summed E-state index contributed by atoms with van der Waals surface area (Å²) in [6.45, 7) is 3.71. The molecule has 3 heterocycles. The molecule has 9 aromatic rings. The van der Waals surface area contributed by atoms with Crippen molar-refractivity contribution in [2.24, 2.45) is 0 Å². The van der Waals surface area contributed by atoms with Crippen LogP contribution in [-0.4, -0.2) is 34.5 Å². The zero-order valence-corrected chi connectivity index (χ0v) is 28.7. The first-order valence-corrected chi connectivity index (χ1v) is 17.1. The molecule has 0 fully saturated rings. The molecule has 6 aromatic carbocycles. The van der Waals surface area contributed by atoms with Gasteiger partial charge in [0.1, 0.15) is 23.3 Å². The van der Waals surface area contributed by atoms with Gasteiger partial charge in [0.25, 0.3) is 0 Å². The highest BCUT2D eigenvalue weighted by Gasteiger charge is 2.22. The third-order valence-corrected chi connectivity index (χ3v) is 9.22. The molecule has 7 nitrogen and oxygen atoms in total. The van der Waals surface area contributed by atoms with Crippen LogP contribution in [0.4, 0.5) is 8.78 Å². The van der Waals surface area contributed by atoms with Crippen molar-refractivity contribution in [1.82, 2.24) is 34.5 Å². The Bertz CT molecular complexity index is 2740. The van der Waals surface area contributed by atoms with Gasteiger partial charge < -0.3 is 4.57 Å². The summed E-state index contributed by atoms with van der Waals surface area (Å²) in [7, 11) is 0. The summed E-state index contributed by atoms with van der Waals surface area (Å²) in [4.78, 5) is 28.5. The molecule has 254 valence electrons. The number of hydrogen-bond acceptors (Lipinski definition) is 6. The van der Waals surface area contributed by atoms with Crippen molar-refractivity contribution in [2.45, 2.75) is 13.8 Å². The van der Waals surface area contributed by atoms with E-state index in [2.05, 4.69) is 37.7 Å². The summed E-state index contributed by atoms with van der Waals surface area (Å²) in [5, 5.41) is 1.99. The minimum Gasteiger partial charge on any atom is -0.309 e. The quantitative estimate of drug-likeness (QED) is 0.172. The zero-order chi connectivity index (χ0) is 36.1.